The van der Waals surface area contributed by atoms with Crippen molar-refractivity contribution in [3.8, 4) is 0 Å². The average Bonchev–Trinajstić information content (AvgIpc) is 2.93. The molecule has 0 bridgehead atoms. The molecule has 34 heavy (non-hydrogen) atoms. The lowest BCUT2D eigenvalue weighted by Crippen LogP contribution is -2.43. The summed E-state index contributed by atoms with van der Waals surface area (Å²) in [6.45, 7) is 12.7. The predicted octanol–water partition coefficient (Wildman–Crippen LogP) is 5.05. The summed E-state index contributed by atoms with van der Waals surface area (Å²) in [7, 11) is 0. The number of benzene rings is 1. The second kappa shape index (κ2) is 9.83. The van der Waals surface area contributed by atoms with E-state index in [1.807, 2.05) is 24.3 Å². The molecular weight excluding hydrogens is 430 g/mol. The molecule has 8 heteroatoms. The summed E-state index contributed by atoms with van der Waals surface area (Å²) >= 11 is 0. The van der Waals surface area contributed by atoms with Gasteiger partial charge in [-0.05, 0) is 61.1 Å². The molecule has 0 atom stereocenters. The number of nitrogens with one attached hydrogen (secondary N) is 2. The molecule has 1 aromatic carbocycles. The third kappa shape index (κ3) is 5.38. The first-order valence-corrected chi connectivity index (χ1v) is 11.7. The molecular formula is C26H35N5O3. The molecule has 0 spiro atoms. The van der Waals surface area contributed by atoms with E-state index in [1.54, 1.807) is 37.1 Å². The maximum atomic E-state index is 13.4. The zero-order valence-corrected chi connectivity index (χ0v) is 20.9. The van der Waals surface area contributed by atoms with Gasteiger partial charge in [0.1, 0.15) is 11.4 Å². The van der Waals surface area contributed by atoms with Gasteiger partial charge in [0.15, 0.2) is 0 Å². The molecule has 0 aliphatic carbocycles. The number of imide groups is 1. The van der Waals surface area contributed by atoms with Gasteiger partial charge in [0.25, 0.3) is 5.91 Å². The quantitative estimate of drug-likeness (QED) is 0.442. The average molecular weight is 466 g/mol. The topological polar surface area (TPSA) is 94.6 Å². The van der Waals surface area contributed by atoms with E-state index in [-0.39, 0.29) is 29.9 Å². The number of hydrogen-bond donors (Lipinski definition) is 2. The Hall–Kier alpha value is -3.42. The second-order valence-corrected chi connectivity index (χ2v) is 10.1. The van der Waals surface area contributed by atoms with Gasteiger partial charge in [-0.3, -0.25) is 10.1 Å². The Balaban J connectivity index is 1.77. The van der Waals surface area contributed by atoms with Crippen molar-refractivity contribution in [2.24, 2.45) is 0 Å². The fourth-order valence-corrected chi connectivity index (χ4v) is 3.80. The Labute approximate surface area is 201 Å². The number of urea groups is 2. The van der Waals surface area contributed by atoms with E-state index in [9.17, 15) is 14.4 Å². The largest absolute Gasteiger partial charge is 0.338 e. The van der Waals surface area contributed by atoms with Crippen LogP contribution in [-0.2, 0) is 16.8 Å². The molecule has 1 aliphatic heterocycles. The van der Waals surface area contributed by atoms with Gasteiger partial charge in [-0.2, -0.15) is 0 Å². The van der Waals surface area contributed by atoms with E-state index >= 15 is 0 Å². The number of rotatable bonds is 7. The third-order valence-corrected chi connectivity index (χ3v) is 6.04. The fraction of sp³-hybridized carbons (Fsp3) is 0.462. The highest BCUT2D eigenvalue weighted by Gasteiger charge is 2.51. The molecule has 2 aromatic rings. The highest BCUT2D eigenvalue weighted by atomic mass is 16.2. The first-order valence-electron chi connectivity index (χ1n) is 11.7. The number of pyridine rings is 1. The van der Waals surface area contributed by atoms with Crippen LogP contribution in [-0.4, -0.2) is 39.9 Å². The lowest BCUT2D eigenvalue weighted by molar-refractivity contribution is -0.123. The first kappa shape index (κ1) is 25.2. The molecule has 5 amide bonds. The SMILES string of the molecule is CCCCNC(=O)Nc1cc(CN2C(=O)N(c3ccc(C(C)(C)C)cc3)C(=O)C2(C)C)ccn1. The minimum absolute atomic E-state index is 0.0249. The monoisotopic (exact) mass is 465 g/mol. The van der Waals surface area contributed by atoms with Crippen LogP contribution in [0, 0.1) is 0 Å². The van der Waals surface area contributed by atoms with Crippen LogP contribution in [0.4, 0.5) is 21.1 Å². The van der Waals surface area contributed by atoms with Crippen LogP contribution in [0.1, 0.15) is 65.5 Å². The minimum atomic E-state index is -1.02. The van der Waals surface area contributed by atoms with E-state index in [0.717, 1.165) is 24.0 Å². The summed E-state index contributed by atoms with van der Waals surface area (Å²) in [4.78, 5) is 45.6. The molecule has 8 nitrogen and oxygen atoms in total. The highest BCUT2D eigenvalue weighted by Crippen LogP contribution is 2.34. The van der Waals surface area contributed by atoms with Crippen molar-refractivity contribution in [1.82, 2.24) is 15.2 Å². The van der Waals surface area contributed by atoms with Crippen molar-refractivity contribution in [2.75, 3.05) is 16.8 Å². The van der Waals surface area contributed by atoms with E-state index < -0.39 is 5.54 Å². The van der Waals surface area contributed by atoms with Crippen LogP contribution in [0.3, 0.4) is 0 Å². The maximum Gasteiger partial charge on any atom is 0.332 e. The minimum Gasteiger partial charge on any atom is -0.338 e. The molecule has 1 aliphatic rings. The molecule has 1 aromatic heterocycles. The number of nitrogens with zero attached hydrogens (tertiary/aromatic N) is 3. The Kier molecular flexibility index (Phi) is 7.29. The van der Waals surface area contributed by atoms with E-state index in [4.69, 9.17) is 0 Å². The van der Waals surface area contributed by atoms with Crippen molar-refractivity contribution in [2.45, 2.75) is 71.9 Å². The summed E-state index contributed by atoms with van der Waals surface area (Å²) in [6.07, 6.45) is 3.47. The van der Waals surface area contributed by atoms with Crippen LogP contribution in [0.2, 0.25) is 0 Å². The lowest BCUT2D eigenvalue weighted by Gasteiger charge is -2.27. The van der Waals surface area contributed by atoms with Gasteiger partial charge >= 0.3 is 12.1 Å². The molecule has 0 radical (unpaired) electrons. The molecule has 2 N–H and O–H groups in total. The molecule has 2 heterocycles. The second-order valence-electron chi connectivity index (χ2n) is 10.1. The summed E-state index contributed by atoms with van der Waals surface area (Å²) in [5, 5.41) is 5.50. The number of anilines is 2. The van der Waals surface area contributed by atoms with Gasteiger partial charge in [0.05, 0.1) is 5.69 Å². The smallest absolute Gasteiger partial charge is 0.332 e. The van der Waals surface area contributed by atoms with Crippen molar-refractivity contribution in [3.63, 3.8) is 0 Å². The van der Waals surface area contributed by atoms with Gasteiger partial charge in [-0.1, -0.05) is 46.2 Å². The van der Waals surface area contributed by atoms with Gasteiger partial charge in [0, 0.05) is 19.3 Å². The third-order valence-electron chi connectivity index (χ3n) is 6.04. The zero-order chi connectivity index (χ0) is 25.1. The summed E-state index contributed by atoms with van der Waals surface area (Å²) in [5.74, 6) is 0.112. The van der Waals surface area contributed by atoms with Crippen molar-refractivity contribution >= 4 is 29.5 Å². The Morgan fingerprint density at radius 1 is 1.09 bits per heavy atom. The van der Waals surface area contributed by atoms with Gasteiger partial charge in [-0.25, -0.2) is 19.5 Å². The number of carbonyl (C=O) groups is 3. The highest BCUT2D eigenvalue weighted by molar-refractivity contribution is 6.22. The maximum absolute atomic E-state index is 13.4. The van der Waals surface area contributed by atoms with E-state index in [0.29, 0.717) is 18.1 Å². The van der Waals surface area contributed by atoms with Crippen LogP contribution in [0.15, 0.2) is 42.6 Å². The predicted molar refractivity (Wildman–Crippen MR) is 134 cm³/mol. The number of amides is 5. The number of hydrogen-bond acceptors (Lipinski definition) is 4. The molecule has 0 saturated carbocycles. The van der Waals surface area contributed by atoms with Gasteiger partial charge in [-0.15, -0.1) is 0 Å². The molecule has 1 saturated heterocycles. The first-order chi connectivity index (χ1) is 15.9. The standard InChI is InChI=1S/C26H35N5O3/c1-7-8-14-28-23(33)29-21-16-18(13-15-27-21)17-30-24(34)31(22(32)26(30,5)6)20-11-9-19(10-12-20)25(2,3)4/h9-13,15-16H,7-8,14,17H2,1-6H3,(H2,27,28,29,33). The fourth-order valence-electron chi connectivity index (χ4n) is 3.80. The normalized spacial score (nSPS) is 15.6. The van der Waals surface area contributed by atoms with Crippen molar-refractivity contribution in [1.29, 1.82) is 0 Å². The summed E-state index contributed by atoms with van der Waals surface area (Å²) < 4.78 is 0. The Morgan fingerprint density at radius 3 is 2.38 bits per heavy atom. The van der Waals surface area contributed by atoms with Crippen LogP contribution in [0.5, 0.6) is 0 Å². The summed E-state index contributed by atoms with van der Waals surface area (Å²) in [5.41, 5.74) is 1.40. The zero-order valence-electron chi connectivity index (χ0n) is 20.9. The van der Waals surface area contributed by atoms with Crippen LogP contribution in [0.25, 0.3) is 0 Å². The van der Waals surface area contributed by atoms with Gasteiger partial charge < -0.3 is 10.2 Å². The Bertz CT molecular complexity index is 1060. The molecule has 0 unspecified atom stereocenters. The number of unbranched alkanes of at least 4 members (excludes halogenated alkanes) is 1. The molecule has 1 fully saturated rings. The van der Waals surface area contributed by atoms with Crippen LogP contribution >= 0.6 is 0 Å². The number of carbonyl (C=O) groups excluding carboxylic acids is 3. The Morgan fingerprint density at radius 2 is 1.76 bits per heavy atom. The molecule has 182 valence electrons. The summed E-state index contributed by atoms with van der Waals surface area (Å²) in [6, 6.07) is 10.3. The van der Waals surface area contributed by atoms with Crippen molar-refractivity contribution in [3.05, 3.63) is 53.7 Å². The van der Waals surface area contributed by atoms with Crippen molar-refractivity contribution < 1.29 is 14.4 Å². The lowest BCUT2D eigenvalue weighted by atomic mass is 9.87. The number of aromatic nitrogens is 1. The molecule has 3 rings (SSSR count). The van der Waals surface area contributed by atoms with Crippen LogP contribution < -0.4 is 15.5 Å². The van der Waals surface area contributed by atoms with E-state index in [2.05, 4.69) is 43.3 Å². The van der Waals surface area contributed by atoms with Gasteiger partial charge in [0.2, 0.25) is 0 Å². The van der Waals surface area contributed by atoms with E-state index in [1.165, 1.54) is 4.90 Å².